The Balaban J connectivity index is 1.57. The van der Waals surface area contributed by atoms with Gasteiger partial charge in [0.25, 0.3) is 0 Å². The van der Waals surface area contributed by atoms with E-state index in [-0.39, 0.29) is 6.04 Å². The number of hydrogen-bond donors (Lipinski definition) is 2. The molecule has 2 aromatic rings. The van der Waals surface area contributed by atoms with Gasteiger partial charge in [0.2, 0.25) is 0 Å². The van der Waals surface area contributed by atoms with E-state index in [0.717, 1.165) is 36.7 Å². The number of rotatable bonds is 17. The molecule has 0 aromatic heterocycles. The van der Waals surface area contributed by atoms with Crippen LogP contribution in [0.25, 0.3) is 11.1 Å². The third-order valence-corrected chi connectivity index (χ3v) is 12.4. The number of nitrogens with two attached hydrogens (primary N) is 1. The first-order valence-electron chi connectivity index (χ1n) is 19.6. The van der Waals surface area contributed by atoms with Crippen LogP contribution in [0.3, 0.4) is 0 Å². The Bertz CT molecular complexity index is 1310. The predicted molar refractivity (Wildman–Crippen MR) is 207 cm³/mol. The molecule has 0 saturated carbocycles. The van der Waals surface area contributed by atoms with Gasteiger partial charge in [-0.3, -0.25) is 0 Å². The topological polar surface area (TPSA) is 75.0 Å². The molecular weight excluding hydrogens is 606 g/mol. The Kier molecular flexibility index (Phi) is 11.9. The predicted octanol–water partition coefficient (Wildman–Crippen LogP) is 8.15. The number of unbranched alkanes of at least 4 members (excludes halogenated alkanes) is 9. The Labute approximate surface area is 299 Å². The molecule has 1 aliphatic carbocycles. The lowest BCUT2D eigenvalue weighted by atomic mass is 9.72. The molecule has 0 radical (unpaired) electrons. The molecular formula is C41H66B2N2O4. The molecule has 2 heterocycles. The van der Waals surface area contributed by atoms with Gasteiger partial charge in [-0.05, 0) is 108 Å². The first-order chi connectivity index (χ1) is 23.1. The molecule has 0 bridgehead atoms. The van der Waals surface area contributed by atoms with Crippen LogP contribution in [0.2, 0.25) is 0 Å². The maximum absolute atomic E-state index is 7.53. The summed E-state index contributed by atoms with van der Waals surface area (Å²) in [5.74, 6) is 0. The van der Waals surface area contributed by atoms with Crippen molar-refractivity contribution in [3.63, 3.8) is 0 Å². The minimum Gasteiger partial charge on any atom is -0.399 e. The molecule has 2 aliphatic heterocycles. The van der Waals surface area contributed by atoms with E-state index in [0.29, 0.717) is 0 Å². The summed E-state index contributed by atoms with van der Waals surface area (Å²) in [6.07, 6.45) is 14.5. The summed E-state index contributed by atoms with van der Waals surface area (Å²) in [6, 6.07) is 13.4. The summed E-state index contributed by atoms with van der Waals surface area (Å²) in [5, 5.41) is 4.16. The van der Waals surface area contributed by atoms with Crippen LogP contribution in [0.5, 0.6) is 0 Å². The molecule has 1 unspecified atom stereocenters. The summed E-state index contributed by atoms with van der Waals surface area (Å²) in [6.45, 7) is 22.4. The van der Waals surface area contributed by atoms with Crippen molar-refractivity contribution >= 4 is 25.2 Å². The van der Waals surface area contributed by atoms with Crippen molar-refractivity contribution in [1.29, 1.82) is 0 Å². The molecule has 3 aliphatic rings. The normalized spacial score (nSPS) is 21.6. The van der Waals surface area contributed by atoms with Crippen molar-refractivity contribution in [2.45, 2.75) is 180 Å². The third-order valence-electron chi connectivity index (χ3n) is 12.4. The summed E-state index contributed by atoms with van der Waals surface area (Å²) < 4.78 is 26.3. The molecule has 0 spiro atoms. The minimum absolute atomic E-state index is 0.128. The lowest BCUT2D eigenvalue weighted by molar-refractivity contribution is 0.00578. The molecule has 6 nitrogen and oxygen atoms in total. The van der Waals surface area contributed by atoms with Gasteiger partial charge in [-0.15, -0.1) is 0 Å². The Morgan fingerprint density at radius 1 is 0.571 bits per heavy atom. The van der Waals surface area contributed by atoms with E-state index in [1.807, 2.05) is 0 Å². The zero-order chi connectivity index (χ0) is 35.7. The molecule has 8 heteroatoms. The summed E-state index contributed by atoms with van der Waals surface area (Å²) in [7, 11) is -0.887. The van der Waals surface area contributed by atoms with Crippen LogP contribution >= 0.6 is 0 Å². The van der Waals surface area contributed by atoms with Gasteiger partial charge in [0.05, 0.1) is 27.9 Å². The zero-order valence-electron chi connectivity index (χ0n) is 32.6. The van der Waals surface area contributed by atoms with Gasteiger partial charge in [-0.25, -0.2) is 0 Å². The molecule has 49 heavy (non-hydrogen) atoms. The van der Waals surface area contributed by atoms with E-state index >= 15 is 0 Å². The molecule has 0 amide bonds. The van der Waals surface area contributed by atoms with Crippen molar-refractivity contribution in [2.75, 3.05) is 6.54 Å². The van der Waals surface area contributed by atoms with Crippen molar-refractivity contribution in [1.82, 2.24) is 5.32 Å². The molecule has 2 fully saturated rings. The largest absolute Gasteiger partial charge is 0.494 e. The Hall–Kier alpha value is -1.67. The molecule has 1 atom stereocenters. The molecule has 2 saturated heterocycles. The summed E-state index contributed by atoms with van der Waals surface area (Å²) >= 11 is 0. The molecule has 3 N–H and O–H groups in total. The van der Waals surface area contributed by atoms with Crippen molar-refractivity contribution in [3.8, 4) is 11.1 Å². The minimum atomic E-state index is -0.571. The highest BCUT2D eigenvalue weighted by atomic mass is 16.7. The second kappa shape index (κ2) is 15.1. The maximum Gasteiger partial charge on any atom is 0.494 e. The number of benzene rings is 2. The Morgan fingerprint density at radius 3 is 1.39 bits per heavy atom. The van der Waals surface area contributed by atoms with Gasteiger partial charge in [0, 0.05) is 6.04 Å². The summed E-state index contributed by atoms with van der Waals surface area (Å²) in [5.41, 5.74) is 12.3. The molecule has 2 aromatic carbocycles. The van der Waals surface area contributed by atoms with Crippen molar-refractivity contribution in [2.24, 2.45) is 5.73 Å². The SMILES string of the molecule is CCCCCCCCNC1(C(N)CCCCCCC)c2cc(B3OC(C)(C)C(C)(C)O3)ccc2-c2ccc(B3OC(C)(C)C(C)(C)O3)cc21. The lowest BCUT2D eigenvalue weighted by Gasteiger charge is -2.39. The zero-order valence-corrected chi connectivity index (χ0v) is 32.6. The van der Waals surface area contributed by atoms with Crippen molar-refractivity contribution < 1.29 is 18.6 Å². The number of hydrogen-bond acceptors (Lipinski definition) is 6. The molecule has 5 rings (SSSR count). The van der Waals surface area contributed by atoms with E-state index in [1.54, 1.807) is 0 Å². The van der Waals surface area contributed by atoms with Crippen LogP contribution in [-0.4, -0.2) is 49.2 Å². The lowest BCUT2D eigenvalue weighted by Crippen LogP contribution is -2.56. The van der Waals surface area contributed by atoms with Crippen LogP contribution in [0.4, 0.5) is 0 Å². The highest BCUT2D eigenvalue weighted by molar-refractivity contribution is 6.62. The quantitative estimate of drug-likeness (QED) is 0.131. The van der Waals surface area contributed by atoms with Crippen molar-refractivity contribution in [3.05, 3.63) is 47.5 Å². The van der Waals surface area contributed by atoms with E-state index < -0.39 is 42.2 Å². The van der Waals surface area contributed by atoms with Gasteiger partial charge in [-0.1, -0.05) is 114 Å². The first kappa shape index (κ1) is 38.6. The summed E-state index contributed by atoms with van der Waals surface area (Å²) in [4.78, 5) is 0. The van der Waals surface area contributed by atoms with Crippen LogP contribution in [0, 0.1) is 0 Å². The van der Waals surface area contributed by atoms with Crippen LogP contribution in [0.15, 0.2) is 36.4 Å². The third kappa shape index (κ3) is 7.62. The van der Waals surface area contributed by atoms with Gasteiger partial charge in [-0.2, -0.15) is 0 Å². The fourth-order valence-corrected chi connectivity index (χ4v) is 7.74. The van der Waals surface area contributed by atoms with E-state index in [1.165, 1.54) is 80.0 Å². The van der Waals surface area contributed by atoms with Gasteiger partial charge in [0.1, 0.15) is 0 Å². The fourth-order valence-electron chi connectivity index (χ4n) is 7.74. The number of nitrogens with one attached hydrogen (secondary N) is 1. The van der Waals surface area contributed by atoms with E-state index in [2.05, 4.69) is 111 Å². The van der Waals surface area contributed by atoms with Crippen LogP contribution < -0.4 is 22.0 Å². The highest BCUT2D eigenvalue weighted by Crippen LogP contribution is 2.50. The average molecular weight is 673 g/mol. The monoisotopic (exact) mass is 673 g/mol. The Morgan fingerprint density at radius 2 is 0.959 bits per heavy atom. The highest BCUT2D eigenvalue weighted by Gasteiger charge is 2.55. The van der Waals surface area contributed by atoms with Gasteiger partial charge in [0.15, 0.2) is 0 Å². The molecule has 270 valence electrons. The fraction of sp³-hybridized carbons (Fsp3) is 0.707. The van der Waals surface area contributed by atoms with E-state index in [4.69, 9.17) is 24.4 Å². The standard InChI is InChI=1S/C41H66B2N2O4/c1-11-13-15-17-19-21-27-45-41(36(44)22-20-18-16-14-12-2)34-28-30(42-46-37(3,4)38(5,6)47-42)23-25-32(34)33-26-24-31(29-35(33)41)43-48-39(7,8)40(9,10)49-43/h23-26,28-29,36,45H,11-22,27,44H2,1-10H3. The van der Waals surface area contributed by atoms with Crippen LogP contribution in [-0.2, 0) is 24.2 Å². The number of fused-ring (bicyclic) bond motifs is 3. The first-order valence-corrected chi connectivity index (χ1v) is 19.6. The van der Waals surface area contributed by atoms with Gasteiger partial charge >= 0.3 is 14.2 Å². The second-order valence-corrected chi connectivity index (χ2v) is 17.1. The smallest absolute Gasteiger partial charge is 0.399 e. The maximum atomic E-state index is 7.53. The van der Waals surface area contributed by atoms with Gasteiger partial charge < -0.3 is 29.7 Å². The second-order valence-electron chi connectivity index (χ2n) is 17.1. The average Bonchev–Trinajstić information content (AvgIpc) is 3.54. The van der Waals surface area contributed by atoms with Crippen LogP contribution in [0.1, 0.15) is 157 Å². The van der Waals surface area contributed by atoms with E-state index in [9.17, 15) is 0 Å².